The molecule has 0 aromatic heterocycles. The van der Waals surface area contributed by atoms with E-state index >= 15 is 0 Å². The zero-order valence-corrected chi connectivity index (χ0v) is 21.0. The van der Waals surface area contributed by atoms with Gasteiger partial charge in [-0.1, -0.05) is 54.1 Å². The predicted molar refractivity (Wildman–Crippen MR) is 137 cm³/mol. The molecule has 0 aliphatic carbocycles. The first-order chi connectivity index (χ1) is 17.5. The summed E-state index contributed by atoms with van der Waals surface area (Å²) in [5.74, 6) is 0.682. The third kappa shape index (κ3) is 5.63. The van der Waals surface area contributed by atoms with Gasteiger partial charge in [0.1, 0.15) is 11.7 Å². The molecule has 1 aliphatic rings. The van der Waals surface area contributed by atoms with Crippen LogP contribution in [0.4, 0.5) is 5.69 Å². The van der Waals surface area contributed by atoms with Gasteiger partial charge in [-0.2, -0.15) is 0 Å². The quantitative estimate of drug-likeness (QED) is 0.293. The van der Waals surface area contributed by atoms with Crippen LogP contribution in [0, 0.1) is 10.1 Å². The standard InChI is InChI=1S/C27H29ClN2O6/c1-33-24-14-20(23(30(31)32)15-25(24)34-2)18-35-26-16-29-13-12-27(26,21-8-10-22(28)11-9-21)36-17-19-6-4-3-5-7-19/h3-11,14-15,26,29H,12-13,16-18H2,1-2H3/t26-,27+/m0/s1. The van der Waals surface area contributed by atoms with E-state index in [1.165, 1.54) is 20.3 Å². The lowest BCUT2D eigenvalue weighted by molar-refractivity contribution is -0.386. The smallest absolute Gasteiger partial charge is 0.278 e. The Hall–Kier alpha value is -3.17. The van der Waals surface area contributed by atoms with E-state index in [4.69, 9.17) is 30.5 Å². The summed E-state index contributed by atoms with van der Waals surface area (Å²) < 4.78 is 23.7. The highest BCUT2D eigenvalue weighted by atomic mass is 35.5. The Labute approximate surface area is 215 Å². The predicted octanol–water partition coefficient (Wildman–Crippen LogP) is 5.26. The highest BCUT2D eigenvalue weighted by molar-refractivity contribution is 6.30. The molecular weight excluding hydrogens is 484 g/mol. The molecule has 1 aliphatic heterocycles. The van der Waals surface area contributed by atoms with Crippen molar-refractivity contribution in [1.29, 1.82) is 0 Å². The lowest BCUT2D eigenvalue weighted by Gasteiger charge is -2.44. The van der Waals surface area contributed by atoms with Crippen molar-refractivity contribution in [3.05, 3.63) is 98.6 Å². The van der Waals surface area contributed by atoms with Crippen molar-refractivity contribution in [2.24, 2.45) is 0 Å². The highest BCUT2D eigenvalue weighted by Gasteiger charge is 2.44. The van der Waals surface area contributed by atoms with Crippen molar-refractivity contribution in [1.82, 2.24) is 5.32 Å². The number of nitro groups is 1. The number of benzene rings is 3. The fourth-order valence-corrected chi connectivity index (χ4v) is 4.64. The highest BCUT2D eigenvalue weighted by Crippen LogP contribution is 2.40. The monoisotopic (exact) mass is 512 g/mol. The summed E-state index contributed by atoms with van der Waals surface area (Å²) in [7, 11) is 2.93. The molecule has 0 saturated carbocycles. The lowest BCUT2D eigenvalue weighted by Crippen LogP contribution is -2.54. The summed E-state index contributed by atoms with van der Waals surface area (Å²) >= 11 is 6.18. The van der Waals surface area contributed by atoms with Crippen molar-refractivity contribution < 1.29 is 23.9 Å². The van der Waals surface area contributed by atoms with Crippen molar-refractivity contribution in [3.63, 3.8) is 0 Å². The minimum absolute atomic E-state index is 0.00689. The van der Waals surface area contributed by atoms with Crippen LogP contribution in [0.5, 0.6) is 11.5 Å². The number of rotatable bonds is 10. The average molecular weight is 513 g/mol. The molecule has 2 atom stereocenters. The van der Waals surface area contributed by atoms with E-state index in [9.17, 15) is 10.1 Å². The summed E-state index contributed by atoms with van der Waals surface area (Å²) in [5, 5.41) is 15.8. The van der Waals surface area contributed by atoms with E-state index in [0.29, 0.717) is 35.9 Å². The Morgan fingerprint density at radius 2 is 1.72 bits per heavy atom. The van der Waals surface area contributed by atoms with Crippen LogP contribution in [0.25, 0.3) is 0 Å². The van der Waals surface area contributed by atoms with Gasteiger partial charge in [0.05, 0.1) is 44.0 Å². The second kappa shape index (κ2) is 11.7. The van der Waals surface area contributed by atoms with E-state index in [1.807, 2.05) is 54.6 Å². The molecular formula is C27H29ClN2O6. The number of piperidine rings is 1. The van der Waals surface area contributed by atoms with Crippen LogP contribution in [0.3, 0.4) is 0 Å². The summed E-state index contributed by atoms with van der Waals surface area (Å²) in [4.78, 5) is 11.3. The van der Waals surface area contributed by atoms with Crippen molar-refractivity contribution in [2.45, 2.75) is 31.3 Å². The minimum atomic E-state index is -0.781. The first-order valence-corrected chi connectivity index (χ1v) is 12.0. The lowest BCUT2D eigenvalue weighted by atomic mass is 9.82. The second-order valence-electron chi connectivity index (χ2n) is 8.52. The summed E-state index contributed by atoms with van der Waals surface area (Å²) in [6.07, 6.45) is 0.226. The van der Waals surface area contributed by atoms with Crippen LogP contribution in [-0.4, -0.2) is 38.3 Å². The number of methoxy groups -OCH3 is 2. The van der Waals surface area contributed by atoms with E-state index in [1.54, 1.807) is 6.07 Å². The minimum Gasteiger partial charge on any atom is -0.493 e. The Balaban J connectivity index is 1.66. The molecule has 1 saturated heterocycles. The van der Waals surface area contributed by atoms with Gasteiger partial charge < -0.3 is 24.3 Å². The van der Waals surface area contributed by atoms with E-state index < -0.39 is 16.6 Å². The Kier molecular flexibility index (Phi) is 8.43. The molecule has 1 N–H and O–H groups in total. The maximum Gasteiger partial charge on any atom is 0.278 e. The molecule has 0 amide bonds. The molecule has 4 rings (SSSR count). The third-order valence-electron chi connectivity index (χ3n) is 6.42. The molecule has 0 unspecified atom stereocenters. The van der Waals surface area contributed by atoms with Gasteiger partial charge >= 0.3 is 0 Å². The Morgan fingerprint density at radius 1 is 1.03 bits per heavy atom. The van der Waals surface area contributed by atoms with Crippen molar-refractivity contribution >= 4 is 17.3 Å². The van der Waals surface area contributed by atoms with Gasteiger partial charge in [0.25, 0.3) is 5.69 Å². The largest absolute Gasteiger partial charge is 0.493 e. The molecule has 9 heteroatoms. The third-order valence-corrected chi connectivity index (χ3v) is 6.67. The normalized spacial score (nSPS) is 19.6. The van der Waals surface area contributed by atoms with Crippen molar-refractivity contribution in [3.8, 4) is 11.5 Å². The van der Waals surface area contributed by atoms with E-state index in [0.717, 1.165) is 17.7 Å². The number of ether oxygens (including phenoxy) is 4. The van der Waals surface area contributed by atoms with E-state index in [2.05, 4.69) is 5.32 Å². The van der Waals surface area contributed by atoms with Crippen LogP contribution in [0.2, 0.25) is 5.02 Å². The molecule has 8 nitrogen and oxygen atoms in total. The maximum atomic E-state index is 11.8. The van der Waals surface area contributed by atoms with Gasteiger partial charge in [0.2, 0.25) is 0 Å². The summed E-state index contributed by atoms with van der Waals surface area (Å²) in [6, 6.07) is 20.5. The molecule has 0 bridgehead atoms. The molecule has 3 aromatic carbocycles. The maximum absolute atomic E-state index is 11.8. The molecule has 3 aromatic rings. The molecule has 1 heterocycles. The fourth-order valence-electron chi connectivity index (χ4n) is 4.51. The molecule has 1 fully saturated rings. The van der Waals surface area contributed by atoms with Crippen LogP contribution in [-0.2, 0) is 28.3 Å². The first kappa shape index (κ1) is 25.9. The topological polar surface area (TPSA) is 92.1 Å². The zero-order valence-electron chi connectivity index (χ0n) is 20.2. The number of nitrogens with zero attached hydrogens (tertiary/aromatic N) is 1. The molecule has 190 valence electrons. The SMILES string of the molecule is COc1cc(CO[C@H]2CNCC[C@@]2(OCc2ccccc2)c2ccc(Cl)cc2)c([N+](=O)[O-])cc1OC. The average Bonchev–Trinajstić information content (AvgIpc) is 2.91. The first-order valence-electron chi connectivity index (χ1n) is 11.6. The fraction of sp³-hybridized carbons (Fsp3) is 0.333. The molecule has 0 spiro atoms. The van der Waals surface area contributed by atoms with Gasteiger partial charge in [-0.05, 0) is 42.3 Å². The van der Waals surface area contributed by atoms with E-state index in [-0.39, 0.29) is 18.0 Å². The zero-order chi connectivity index (χ0) is 25.5. The second-order valence-corrected chi connectivity index (χ2v) is 8.95. The number of hydrogen-bond acceptors (Lipinski definition) is 7. The van der Waals surface area contributed by atoms with Gasteiger partial charge in [-0.15, -0.1) is 0 Å². The van der Waals surface area contributed by atoms with Crippen molar-refractivity contribution in [2.75, 3.05) is 27.3 Å². The summed E-state index contributed by atoms with van der Waals surface area (Å²) in [6.45, 7) is 1.62. The number of nitro benzene ring substituents is 1. The summed E-state index contributed by atoms with van der Waals surface area (Å²) in [5.41, 5.74) is 1.49. The van der Waals surface area contributed by atoms with Gasteiger partial charge in [0, 0.05) is 11.6 Å². The Bertz CT molecular complexity index is 1170. The van der Waals surface area contributed by atoms with Gasteiger partial charge in [-0.25, -0.2) is 0 Å². The van der Waals surface area contributed by atoms with Crippen LogP contribution < -0.4 is 14.8 Å². The number of hydrogen-bond donors (Lipinski definition) is 1. The van der Waals surface area contributed by atoms with Gasteiger partial charge in [0.15, 0.2) is 11.5 Å². The number of nitrogens with one attached hydrogen (secondary N) is 1. The van der Waals surface area contributed by atoms with Gasteiger partial charge in [-0.3, -0.25) is 10.1 Å². The molecule has 0 radical (unpaired) electrons. The van der Waals surface area contributed by atoms with Crippen LogP contribution >= 0.6 is 11.6 Å². The molecule has 36 heavy (non-hydrogen) atoms. The van der Waals surface area contributed by atoms with Crippen LogP contribution in [0.15, 0.2) is 66.7 Å². The number of halogens is 1. The Morgan fingerprint density at radius 3 is 2.39 bits per heavy atom. The van der Waals surface area contributed by atoms with Crippen LogP contribution in [0.1, 0.15) is 23.1 Å².